The van der Waals surface area contributed by atoms with Crippen molar-refractivity contribution in [2.75, 3.05) is 24.8 Å². The minimum atomic E-state index is -3.40. The third-order valence-corrected chi connectivity index (χ3v) is 4.62. The third kappa shape index (κ3) is 6.51. The molecule has 0 atom stereocenters. The maximum Gasteiger partial charge on any atom is 0.344 e. The Labute approximate surface area is 162 Å². The standard InChI is InChI=1S/C19H19NO7S/c1-13(21)14-5-3-7-16(9-14)26-12-19(23)27-11-18(22)20-15-6-4-8-17(10-15)28(2,24)25/h3-10H,11-12H2,1-2H3,(H,20,22). The Bertz CT molecular complexity index is 999. The van der Waals surface area contributed by atoms with Crippen molar-refractivity contribution in [3.63, 3.8) is 0 Å². The summed E-state index contributed by atoms with van der Waals surface area (Å²) in [6.45, 7) is 0.425. The Kier molecular flexibility index (Phi) is 6.89. The van der Waals surface area contributed by atoms with E-state index in [1.165, 1.54) is 37.3 Å². The Hall–Kier alpha value is -3.20. The number of esters is 1. The van der Waals surface area contributed by atoms with Crippen LogP contribution in [0.4, 0.5) is 5.69 Å². The molecule has 28 heavy (non-hydrogen) atoms. The minimum absolute atomic E-state index is 0.0588. The highest BCUT2D eigenvalue weighted by Gasteiger charge is 2.12. The van der Waals surface area contributed by atoms with E-state index in [1.807, 2.05) is 0 Å². The topological polar surface area (TPSA) is 116 Å². The third-order valence-electron chi connectivity index (χ3n) is 3.51. The average molecular weight is 405 g/mol. The van der Waals surface area contributed by atoms with Crippen LogP contribution in [-0.4, -0.2) is 45.5 Å². The van der Waals surface area contributed by atoms with Crippen LogP contribution < -0.4 is 10.1 Å². The second-order valence-electron chi connectivity index (χ2n) is 5.88. The van der Waals surface area contributed by atoms with Crippen molar-refractivity contribution in [3.05, 3.63) is 54.1 Å². The first-order valence-corrected chi connectivity index (χ1v) is 10.0. The Balaban J connectivity index is 1.82. The molecule has 148 valence electrons. The smallest absolute Gasteiger partial charge is 0.344 e. The van der Waals surface area contributed by atoms with Gasteiger partial charge >= 0.3 is 5.97 Å². The van der Waals surface area contributed by atoms with Crippen molar-refractivity contribution in [2.24, 2.45) is 0 Å². The van der Waals surface area contributed by atoms with Gasteiger partial charge in [0.1, 0.15) is 5.75 Å². The van der Waals surface area contributed by atoms with Crippen LogP contribution in [0.15, 0.2) is 53.4 Å². The van der Waals surface area contributed by atoms with Crippen LogP contribution in [0.5, 0.6) is 5.75 Å². The minimum Gasteiger partial charge on any atom is -0.482 e. The molecule has 0 fully saturated rings. The van der Waals surface area contributed by atoms with Gasteiger partial charge in [0.15, 0.2) is 28.8 Å². The molecule has 9 heteroatoms. The van der Waals surface area contributed by atoms with Crippen LogP contribution in [-0.2, 0) is 24.2 Å². The second-order valence-corrected chi connectivity index (χ2v) is 7.90. The van der Waals surface area contributed by atoms with E-state index < -0.39 is 34.9 Å². The summed E-state index contributed by atoms with van der Waals surface area (Å²) in [5, 5.41) is 2.44. The molecule has 0 aliphatic rings. The highest BCUT2D eigenvalue weighted by molar-refractivity contribution is 7.90. The number of rotatable bonds is 8. The van der Waals surface area contributed by atoms with Crippen LogP contribution >= 0.6 is 0 Å². The highest BCUT2D eigenvalue weighted by Crippen LogP contribution is 2.15. The predicted octanol–water partition coefficient (Wildman–Crippen LogP) is 1.85. The van der Waals surface area contributed by atoms with Gasteiger partial charge < -0.3 is 14.8 Å². The molecule has 2 aromatic rings. The number of ether oxygens (including phenoxy) is 2. The predicted molar refractivity (Wildman–Crippen MR) is 101 cm³/mol. The highest BCUT2D eigenvalue weighted by atomic mass is 32.2. The summed E-state index contributed by atoms with van der Waals surface area (Å²) in [5.41, 5.74) is 0.711. The normalized spacial score (nSPS) is 10.8. The van der Waals surface area contributed by atoms with Crippen molar-refractivity contribution >= 4 is 33.2 Å². The maximum atomic E-state index is 11.9. The van der Waals surface area contributed by atoms with E-state index in [9.17, 15) is 22.8 Å². The van der Waals surface area contributed by atoms with Gasteiger partial charge in [0.2, 0.25) is 0 Å². The summed E-state index contributed by atoms with van der Waals surface area (Å²) in [7, 11) is -3.40. The Morgan fingerprint density at radius 1 is 1.00 bits per heavy atom. The monoisotopic (exact) mass is 405 g/mol. The lowest BCUT2D eigenvalue weighted by Crippen LogP contribution is -2.23. The zero-order valence-electron chi connectivity index (χ0n) is 15.3. The van der Waals surface area contributed by atoms with Gasteiger partial charge in [0.25, 0.3) is 5.91 Å². The van der Waals surface area contributed by atoms with Gasteiger partial charge in [-0.3, -0.25) is 9.59 Å². The fourth-order valence-electron chi connectivity index (χ4n) is 2.14. The molecule has 0 heterocycles. The molecule has 0 bridgehead atoms. The van der Waals surface area contributed by atoms with Crippen LogP contribution in [0.3, 0.4) is 0 Å². The first-order chi connectivity index (χ1) is 13.1. The Morgan fingerprint density at radius 3 is 2.39 bits per heavy atom. The van der Waals surface area contributed by atoms with Gasteiger partial charge in [-0.1, -0.05) is 18.2 Å². The fourth-order valence-corrected chi connectivity index (χ4v) is 2.80. The molecule has 0 saturated heterocycles. The molecule has 8 nitrogen and oxygen atoms in total. The number of hydrogen-bond donors (Lipinski definition) is 1. The molecule has 0 unspecified atom stereocenters. The molecular weight excluding hydrogens is 386 g/mol. The maximum absolute atomic E-state index is 11.9. The molecule has 2 rings (SSSR count). The van der Waals surface area contributed by atoms with Gasteiger partial charge in [-0.15, -0.1) is 0 Å². The number of carbonyl (C=O) groups is 3. The number of benzene rings is 2. The number of ketones is 1. The zero-order valence-corrected chi connectivity index (χ0v) is 16.1. The van der Waals surface area contributed by atoms with Crippen molar-refractivity contribution in [2.45, 2.75) is 11.8 Å². The molecule has 0 radical (unpaired) electrons. The SMILES string of the molecule is CC(=O)c1cccc(OCC(=O)OCC(=O)Nc2cccc(S(C)(=O)=O)c2)c1. The van der Waals surface area contributed by atoms with Crippen LogP contribution in [0.25, 0.3) is 0 Å². The van der Waals surface area contributed by atoms with E-state index in [4.69, 9.17) is 9.47 Å². The van der Waals surface area contributed by atoms with E-state index in [0.717, 1.165) is 6.26 Å². The van der Waals surface area contributed by atoms with E-state index in [2.05, 4.69) is 5.32 Å². The van der Waals surface area contributed by atoms with E-state index >= 15 is 0 Å². The Morgan fingerprint density at radius 2 is 1.71 bits per heavy atom. The molecule has 1 amide bonds. The zero-order chi connectivity index (χ0) is 20.7. The van der Waals surface area contributed by atoms with Crippen LogP contribution in [0.1, 0.15) is 17.3 Å². The summed E-state index contributed by atoms with van der Waals surface area (Å²) >= 11 is 0. The van der Waals surface area contributed by atoms with Crippen molar-refractivity contribution in [1.29, 1.82) is 0 Å². The molecule has 0 aliphatic carbocycles. The number of sulfone groups is 1. The molecule has 2 aromatic carbocycles. The van der Waals surface area contributed by atoms with Gasteiger partial charge in [0, 0.05) is 17.5 Å². The van der Waals surface area contributed by atoms with Crippen molar-refractivity contribution < 1.29 is 32.3 Å². The van der Waals surface area contributed by atoms with Gasteiger partial charge in [-0.05, 0) is 37.3 Å². The van der Waals surface area contributed by atoms with Crippen LogP contribution in [0.2, 0.25) is 0 Å². The number of carbonyl (C=O) groups excluding carboxylic acids is 3. The molecule has 1 N–H and O–H groups in total. The van der Waals surface area contributed by atoms with Crippen molar-refractivity contribution in [1.82, 2.24) is 0 Å². The largest absolute Gasteiger partial charge is 0.482 e. The van der Waals surface area contributed by atoms with Gasteiger partial charge in [-0.25, -0.2) is 13.2 Å². The molecule has 0 aliphatic heterocycles. The average Bonchev–Trinajstić information content (AvgIpc) is 2.64. The quantitative estimate of drug-likeness (QED) is 0.526. The number of nitrogens with one attached hydrogen (secondary N) is 1. The van der Waals surface area contributed by atoms with Gasteiger partial charge in [-0.2, -0.15) is 0 Å². The lowest BCUT2D eigenvalue weighted by molar-refractivity contribution is -0.149. The summed E-state index contributed by atoms with van der Waals surface area (Å²) < 4.78 is 33.1. The van der Waals surface area contributed by atoms with Crippen LogP contribution in [0, 0.1) is 0 Å². The number of amides is 1. The lowest BCUT2D eigenvalue weighted by Gasteiger charge is -2.09. The van der Waals surface area contributed by atoms with E-state index in [-0.39, 0.29) is 16.4 Å². The van der Waals surface area contributed by atoms with Gasteiger partial charge in [0.05, 0.1) is 4.90 Å². The van der Waals surface area contributed by atoms with Crippen molar-refractivity contribution in [3.8, 4) is 5.75 Å². The summed E-state index contributed by atoms with van der Waals surface area (Å²) in [5.74, 6) is -1.21. The summed E-state index contributed by atoms with van der Waals surface area (Å²) in [6.07, 6.45) is 1.06. The molecule has 0 spiro atoms. The lowest BCUT2D eigenvalue weighted by atomic mass is 10.1. The first kappa shape index (κ1) is 21.1. The van der Waals surface area contributed by atoms with E-state index in [0.29, 0.717) is 11.3 Å². The molecule has 0 aromatic heterocycles. The number of hydrogen-bond acceptors (Lipinski definition) is 7. The second kappa shape index (κ2) is 9.14. The fraction of sp³-hybridized carbons (Fsp3) is 0.211. The number of anilines is 1. The molecule has 0 saturated carbocycles. The summed E-state index contributed by atoms with van der Waals surface area (Å²) in [4.78, 5) is 34.9. The molecular formula is C19H19NO7S. The summed E-state index contributed by atoms with van der Waals surface area (Å²) in [6, 6.07) is 12.0. The van der Waals surface area contributed by atoms with E-state index in [1.54, 1.807) is 18.2 Å². The first-order valence-electron chi connectivity index (χ1n) is 8.14. The number of Topliss-reactive ketones (excluding diaryl/α,β-unsaturated/α-hetero) is 1.